The minimum Gasteiger partial charge on any atom is -0.358 e. The second-order valence-electron chi connectivity index (χ2n) is 2.86. The normalized spacial score (nSPS) is 9.69. The van der Waals surface area contributed by atoms with Gasteiger partial charge < -0.3 is 5.32 Å². The Morgan fingerprint density at radius 1 is 1.54 bits per heavy atom. The lowest BCUT2D eigenvalue weighted by Crippen LogP contribution is -2.36. The molecule has 0 heterocycles. The van der Waals surface area contributed by atoms with Crippen LogP contribution in [0, 0.1) is 11.3 Å². The maximum absolute atomic E-state index is 11.0. The molecular formula is C9H17N3O. The molecule has 1 N–H and O–H groups in total. The van der Waals surface area contributed by atoms with Gasteiger partial charge in [-0.05, 0) is 13.0 Å². The fourth-order valence-corrected chi connectivity index (χ4v) is 1.08. The van der Waals surface area contributed by atoms with Crippen molar-refractivity contribution in [3.8, 4) is 6.07 Å². The summed E-state index contributed by atoms with van der Waals surface area (Å²) in [5.74, 6) is 0.00592. The summed E-state index contributed by atoms with van der Waals surface area (Å²) in [4.78, 5) is 13.0. The van der Waals surface area contributed by atoms with E-state index in [0.29, 0.717) is 19.5 Å². The number of rotatable bonds is 6. The van der Waals surface area contributed by atoms with E-state index in [9.17, 15) is 4.79 Å². The lowest BCUT2D eigenvalue weighted by molar-refractivity contribution is -0.121. The van der Waals surface area contributed by atoms with Crippen molar-refractivity contribution in [1.82, 2.24) is 10.2 Å². The van der Waals surface area contributed by atoms with Gasteiger partial charge in [-0.3, -0.25) is 9.69 Å². The molecule has 0 fully saturated rings. The quantitative estimate of drug-likeness (QED) is 0.646. The van der Waals surface area contributed by atoms with Gasteiger partial charge in [-0.25, -0.2) is 0 Å². The third kappa shape index (κ3) is 6.12. The second-order valence-corrected chi connectivity index (χ2v) is 2.86. The maximum atomic E-state index is 11.0. The Labute approximate surface area is 79.5 Å². The standard InChI is InChI=1S/C9H17N3O/c1-3-6-12(7-4-5-10)8-9(13)11-2/h3-4,6-8H2,1-2H3,(H,11,13). The van der Waals surface area contributed by atoms with Gasteiger partial charge in [0.05, 0.1) is 12.6 Å². The van der Waals surface area contributed by atoms with E-state index < -0.39 is 0 Å². The SMILES string of the molecule is CCCN(CCC#N)CC(=O)NC. The van der Waals surface area contributed by atoms with Gasteiger partial charge in [0, 0.05) is 20.0 Å². The minimum absolute atomic E-state index is 0.00592. The molecule has 0 spiro atoms. The fraction of sp³-hybridized carbons (Fsp3) is 0.778. The van der Waals surface area contributed by atoms with Crippen LogP contribution in [-0.2, 0) is 4.79 Å². The van der Waals surface area contributed by atoms with E-state index in [2.05, 4.69) is 18.3 Å². The van der Waals surface area contributed by atoms with Crippen LogP contribution < -0.4 is 5.32 Å². The molecule has 0 unspecified atom stereocenters. The van der Waals surface area contributed by atoms with E-state index in [-0.39, 0.29) is 5.91 Å². The summed E-state index contributed by atoms with van der Waals surface area (Å²) in [5, 5.41) is 11.0. The zero-order valence-electron chi connectivity index (χ0n) is 8.34. The lowest BCUT2D eigenvalue weighted by atomic mass is 10.3. The topological polar surface area (TPSA) is 56.1 Å². The number of nitriles is 1. The molecule has 0 aliphatic heterocycles. The van der Waals surface area contributed by atoms with Gasteiger partial charge in [0.2, 0.25) is 5.91 Å². The smallest absolute Gasteiger partial charge is 0.233 e. The molecular weight excluding hydrogens is 166 g/mol. The van der Waals surface area contributed by atoms with E-state index >= 15 is 0 Å². The monoisotopic (exact) mass is 183 g/mol. The number of nitrogens with zero attached hydrogens (tertiary/aromatic N) is 2. The van der Waals surface area contributed by atoms with Crippen LogP contribution in [0.25, 0.3) is 0 Å². The highest BCUT2D eigenvalue weighted by Crippen LogP contribution is 1.92. The molecule has 74 valence electrons. The van der Waals surface area contributed by atoms with Crippen LogP contribution >= 0.6 is 0 Å². The van der Waals surface area contributed by atoms with Gasteiger partial charge in [-0.15, -0.1) is 0 Å². The van der Waals surface area contributed by atoms with E-state index in [1.165, 1.54) is 0 Å². The van der Waals surface area contributed by atoms with Crippen molar-refractivity contribution in [3.63, 3.8) is 0 Å². The summed E-state index contributed by atoms with van der Waals surface area (Å²) in [7, 11) is 1.62. The summed E-state index contributed by atoms with van der Waals surface area (Å²) < 4.78 is 0. The molecule has 4 nitrogen and oxygen atoms in total. The van der Waals surface area contributed by atoms with Gasteiger partial charge in [0.25, 0.3) is 0 Å². The lowest BCUT2D eigenvalue weighted by Gasteiger charge is -2.18. The van der Waals surface area contributed by atoms with Crippen LogP contribution in [0.2, 0.25) is 0 Å². The molecule has 13 heavy (non-hydrogen) atoms. The molecule has 0 aliphatic rings. The number of amides is 1. The first kappa shape index (κ1) is 11.9. The van der Waals surface area contributed by atoms with Crippen molar-refractivity contribution >= 4 is 5.91 Å². The molecule has 0 aliphatic carbocycles. The molecule has 0 bridgehead atoms. The van der Waals surface area contributed by atoms with Gasteiger partial charge in [0.15, 0.2) is 0 Å². The summed E-state index contributed by atoms with van der Waals surface area (Å²) in [6.45, 7) is 4.00. The van der Waals surface area contributed by atoms with Crippen molar-refractivity contribution < 1.29 is 4.79 Å². The number of carbonyl (C=O) groups excluding carboxylic acids is 1. The first-order chi connectivity index (χ1) is 6.24. The van der Waals surface area contributed by atoms with Crippen LogP contribution in [0.3, 0.4) is 0 Å². The van der Waals surface area contributed by atoms with Gasteiger partial charge in [-0.2, -0.15) is 5.26 Å². The molecule has 4 heteroatoms. The van der Waals surface area contributed by atoms with Crippen LogP contribution in [0.15, 0.2) is 0 Å². The largest absolute Gasteiger partial charge is 0.358 e. The van der Waals surface area contributed by atoms with Crippen molar-refractivity contribution in [3.05, 3.63) is 0 Å². The number of nitrogens with one attached hydrogen (secondary N) is 1. The average molecular weight is 183 g/mol. The predicted octanol–water partition coefficient (Wildman–Crippen LogP) is 0.358. The highest BCUT2D eigenvalue weighted by molar-refractivity contribution is 5.77. The van der Waals surface area contributed by atoms with Crippen molar-refractivity contribution in [1.29, 1.82) is 5.26 Å². The van der Waals surface area contributed by atoms with E-state index in [0.717, 1.165) is 13.0 Å². The summed E-state index contributed by atoms with van der Waals surface area (Å²) in [5.41, 5.74) is 0. The van der Waals surface area contributed by atoms with Crippen molar-refractivity contribution in [2.75, 3.05) is 26.7 Å². The highest BCUT2D eigenvalue weighted by Gasteiger charge is 2.07. The summed E-state index contributed by atoms with van der Waals surface area (Å²) in [6.07, 6.45) is 1.49. The summed E-state index contributed by atoms with van der Waals surface area (Å²) in [6, 6.07) is 2.07. The van der Waals surface area contributed by atoms with Crippen LogP contribution in [0.4, 0.5) is 0 Å². The molecule has 0 saturated heterocycles. The zero-order chi connectivity index (χ0) is 10.1. The van der Waals surface area contributed by atoms with Gasteiger partial charge in [0.1, 0.15) is 0 Å². The first-order valence-electron chi connectivity index (χ1n) is 4.54. The first-order valence-corrected chi connectivity index (χ1v) is 4.54. The number of hydrogen-bond acceptors (Lipinski definition) is 3. The Morgan fingerprint density at radius 3 is 2.69 bits per heavy atom. The van der Waals surface area contributed by atoms with Crippen LogP contribution in [0.1, 0.15) is 19.8 Å². The zero-order valence-corrected chi connectivity index (χ0v) is 8.34. The Kier molecular flexibility index (Phi) is 6.93. The number of hydrogen-bond donors (Lipinski definition) is 1. The molecule has 0 aromatic heterocycles. The summed E-state index contributed by atoms with van der Waals surface area (Å²) >= 11 is 0. The number of likely N-dealkylation sites (N-methyl/N-ethyl adjacent to an activating group) is 1. The molecule has 1 amide bonds. The Bertz CT molecular complexity index is 186. The van der Waals surface area contributed by atoms with E-state index in [4.69, 9.17) is 5.26 Å². The van der Waals surface area contributed by atoms with Crippen LogP contribution in [-0.4, -0.2) is 37.5 Å². The minimum atomic E-state index is 0.00592. The molecule has 0 rings (SSSR count). The molecule has 0 radical (unpaired) electrons. The molecule has 0 aromatic rings. The average Bonchev–Trinajstić information content (AvgIpc) is 2.14. The maximum Gasteiger partial charge on any atom is 0.233 e. The molecule has 0 saturated carbocycles. The van der Waals surface area contributed by atoms with E-state index in [1.807, 2.05) is 4.90 Å². The molecule has 0 atom stereocenters. The van der Waals surface area contributed by atoms with Crippen molar-refractivity contribution in [2.45, 2.75) is 19.8 Å². The predicted molar refractivity (Wildman–Crippen MR) is 51.0 cm³/mol. The van der Waals surface area contributed by atoms with Crippen molar-refractivity contribution in [2.24, 2.45) is 0 Å². The third-order valence-corrected chi connectivity index (χ3v) is 1.73. The number of carbonyl (C=O) groups is 1. The fourth-order valence-electron chi connectivity index (χ4n) is 1.08. The molecule has 0 aromatic carbocycles. The third-order valence-electron chi connectivity index (χ3n) is 1.73. The Hall–Kier alpha value is -1.08. The van der Waals surface area contributed by atoms with Gasteiger partial charge >= 0.3 is 0 Å². The van der Waals surface area contributed by atoms with Gasteiger partial charge in [-0.1, -0.05) is 6.92 Å². The highest BCUT2D eigenvalue weighted by atomic mass is 16.1. The van der Waals surface area contributed by atoms with E-state index in [1.54, 1.807) is 7.05 Å². The Balaban J connectivity index is 3.80. The Morgan fingerprint density at radius 2 is 2.23 bits per heavy atom. The second kappa shape index (κ2) is 7.56. The van der Waals surface area contributed by atoms with Crippen LogP contribution in [0.5, 0.6) is 0 Å².